The number of anilines is 1. The monoisotopic (exact) mass is 289 g/mol. The van der Waals surface area contributed by atoms with Gasteiger partial charge in [-0.2, -0.15) is 5.26 Å². The molecule has 2 rings (SSSR count). The molecule has 2 aromatic rings. The van der Waals surface area contributed by atoms with E-state index in [0.717, 1.165) is 11.8 Å². The molecule has 1 amide bonds. The molecule has 0 aliphatic carbocycles. The standard InChI is InChI=1S/C12H11N5O2S/c13-5-8-2-1-3-9(4-8)15-10(18)7-20-12-17-16-11(6-14)19-12/h1-4H,6-7,14H2,(H,15,18). The molecule has 1 aromatic carbocycles. The van der Waals surface area contributed by atoms with Crippen molar-refractivity contribution in [1.29, 1.82) is 5.26 Å². The Kier molecular flexibility index (Phi) is 4.70. The maximum absolute atomic E-state index is 11.7. The largest absolute Gasteiger partial charge is 0.415 e. The molecule has 7 nitrogen and oxygen atoms in total. The average molecular weight is 289 g/mol. The molecule has 0 aliphatic rings. The van der Waals surface area contributed by atoms with E-state index in [2.05, 4.69) is 15.5 Å². The van der Waals surface area contributed by atoms with Gasteiger partial charge < -0.3 is 15.5 Å². The normalized spacial score (nSPS) is 10.0. The summed E-state index contributed by atoms with van der Waals surface area (Å²) in [5, 5.41) is 19.2. The van der Waals surface area contributed by atoms with E-state index < -0.39 is 0 Å². The van der Waals surface area contributed by atoms with E-state index in [9.17, 15) is 4.79 Å². The summed E-state index contributed by atoms with van der Waals surface area (Å²) in [6.45, 7) is 0.167. The second kappa shape index (κ2) is 6.70. The Labute approximate surface area is 119 Å². The molecule has 102 valence electrons. The molecule has 20 heavy (non-hydrogen) atoms. The van der Waals surface area contributed by atoms with E-state index in [-0.39, 0.29) is 18.2 Å². The zero-order chi connectivity index (χ0) is 14.4. The highest BCUT2D eigenvalue weighted by molar-refractivity contribution is 7.99. The van der Waals surface area contributed by atoms with E-state index >= 15 is 0 Å². The smallest absolute Gasteiger partial charge is 0.277 e. The number of rotatable bonds is 5. The van der Waals surface area contributed by atoms with E-state index in [4.69, 9.17) is 15.4 Å². The van der Waals surface area contributed by atoms with Crippen LogP contribution in [0, 0.1) is 11.3 Å². The Morgan fingerprint density at radius 1 is 1.50 bits per heavy atom. The molecule has 0 spiro atoms. The lowest BCUT2D eigenvalue weighted by atomic mass is 10.2. The first-order chi connectivity index (χ1) is 9.71. The predicted octanol–water partition coefficient (Wildman–Crippen LogP) is 1.13. The molecule has 0 bridgehead atoms. The SMILES string of the molecule is N#Cc1cccc(NC(=O)CSc2nnc(CN)o2)c1. The molecular weight excluding hydrogens is 278 g/mol. The van der Waals surface area contributed by atoms with Gasteiger partial charge in [0.2, 0.25) is 11.8 Å². The Balaban J connectivity index is 1.87. The summed E-state index contributed by atoms with van der Waals surface area (Å²) in [6, 6.07) is 8.68. The first-order valence-electron chi connectivity index (χ1n) is 5.66. The first-order valence-corrected chi connectivity index (χ1v) is 6.65. The first kappa shape index (κ1) is 14.0. The third kappa shape index (κ3) is 3.81. The highest BCUT2D eigenvalue weighted by atomic mass is 32.2. The number of thioether (sulfide) groups is 1. The molecule has 8 heteroatoms. The highest BCUT2D eigenvalue weighted by Crippen LogP contribution is 2.16. The number of nitrogens with one attached hydrogen (secondary N) is 1. The van der Waals surface area contributed by atoms with Gasteiger partial charge in [0.15, 0.2) is 0 Å². The van der Waals surface area contributed by atoms with Gasteiger partial charge in [0, 0.05) is 5.69 Å². The van der Waals surface area contributed by atoms with Crippen molar-refractivity contribution < 1.29 is 9.21 Å². The third-order valence-corrected chi connectivity index (χ3v) is 3.04. The number of carbonyl (C=O) groups excluding carboxylic acids is 1. The van der Waals surface area contributed by atoms with Gasteiger partial charge in [-0.05, 0) is 18.2 Å². The van der Waals surface area contributed by atoms with Crippen LogP contribution in [0.5, 0.6) is 0 Å². The summed E-state index contributed by atoms with van der Waals surface area (Å²) in [5.41, 5.74) is 6.40. The Hall–Kier alpha value is -2.37. The molecule has 0 unspecified atom stereocenters. The molecular formula is C12H11N5O2S. The number of nitrogens with two attached hydrogens (primary N) is 1. The lowest BCUT2D eigenvalue weighted by Crippen LogP contribution is -2.14. The van der Waals surface area contributed by atoms with Gasteiger partial charge >= 0.3 is 0 Å². The number of amides is 1. The zero-order valence-corrected chi connectivity index (χ0v) is 11.2. The lowest BCUT2D eigenvalue weighted by molar-refractivity contribution is -0.113. The molecule has 1 aromatic heterocycles. The number of benzene rings is 1. The quantitative estimate of drug-likeness (QED) is 0.792. The van der Waals surface area contributed by atoms with E-state index in [1.807, 2.05) is 6.07 Å². The van der Waals surface area contributed by atoms with Crippen molar-refractivity contribution in [3.8, 4) is 6.07 Å². The second-order valence-electron chi connectivity index (χ2n) is 3.70. The van der Waals surface area contributed by atoms with Crippen LogP contribution in [-0.2, 0) is 11.3 Å². The van der Waals surface area contributed by atoms with Gasteiger partial charge in [0.05, 0.1) is 23.9 Å². The van der Waals surface area contributed by atoms with Crippen LogP contribution < -0.4 is 11.1 Å². The van der Waals surface area contributed by atoms with Gasteiger partial charge in [-0.1, -0.05) is 17.8 Å². The zero-order valence-electron chi connectivity index (χ0n) is 10.4. The highest BCUT2D eigenvalue weighted by Gasteiger charge is 2.09. The Morgan fingerprint density at radius 3 is 3.05 bits per heavy atom. The van der Waals surface area contributed by atoms with Gasteiger partial charge in [-0.3, -0.25) is 4.79 Å². The van der Waals surface area contributed by atoms with Gasteiger partial charge in [-0.25, -0.2) is 0 Å². The van der Waals surface area contributed by atoms with Crippen molar-refractivity contribution in [1.82, 2.24) is 10.2 Å². The minimum Gasteiger partial charge on any atom is -0.415 e. The van der Waals surface area contributed by atoms with Crippen LogP contribution in [0.1, 0.15) is 11.5 Å². The maximum Gasteiger partial charge on any atom is 0.277 e. The molecule has 0 saturated heterocycles. The van der Waals surface area contributed by atoms with Crippen molar-refractivity contribution >= 4 is 23.4 Å². The number of nitrogens with zero attached hydrogens (tertiary/aromatic N) is 3. The number of aromatic nitrogens is 2. The minimum atomic E-state index is -0.224. The number of hydrogen-bond acceptors (Lipinski definition) is 7. The van der Waals surface area contributed by atoms with E-state index in [0.29, 0.717) is 22.4 Å². The lowest BCUT2D eigenvalue weighted by Gasteiger charge is -2.03. The van der Waals surface area contributed by atoms with Crippen LogP contribution in [-0.4, -0.2) is 21.9 Å². The fraction of sp³-hybridized carbons (Fsp3) is 0.167. The number of hydrogen-bond donors (Lipinski definition) is 2. The topological polar surface area (TPSA) is 118 Å². The maximum atomic E-state index is 11.7. The van der Waals surface area contributed by atoms with Crippen LogP contribution in [0.25, 0.3) is 0 Å². The summed E-state index contributed by atoms with van der Waals surface area (Å²) in [6.07, 6.45) is 0. The fourth-order valence-electron chi connectivity index (χ4n) is 1.37. The second-order valence-corrected chi connectivity index (χ2v) is 4.62. The van der Waals surface area contributed by atoms with Crippen LogP contribution in [0.2, 0.25) is 0 Å². The summed E-state index contributed by atoms with van der Waals surface area (Å²) in [7, 11) is 0. The molecule has 1 heterocycles. The molecule has 0 radical (unpaired) electrons. The van der Waals surface area contributed by atoms with E-state index in [1.165, 1.54) is 0 Å². The van der Waals surface area contributed by atoms with E-state index in [1.54, 1.807) is 24.3 Å². The number of carbonyl (C=O) groups is 1. The van der Waals surface area contributed by atoms with Gasteiger partial charge in [-0.15, -0.1) is 10.2 Å². The number of nitriles is 1. The molecule has 0 aliphatic heterocycles. The van der Waals surface area contributed by atoms with Crippen molar-refractivity contribution in [2.24, 2.45) is 5.73 Å². The van der Waals surface area contributed by atoms with Crippen molar-refractivity contribution in [2.45, 2.75) is 11.8 Å². The Bertz CT molecular complexity index is 649. The average Bonchev–Trinajstić information content (AvgIpc) is 2.93. The van der Waals surface area contributed by atoms with Crippen LogP contribution >= 0.6 is 11.8 Å². The fourth-order valence-corrected chi connectivity index (χ4v) is 1.95. The van der Waals surface area contributed by atoms with Crippen LogP contribution in [0.4, 0.5) is 5.69 Å². The van der Waals surface area contributed by atoms with Crippen LogP contribution in [0.3, 0.4) is 0 Å². The molecule has 0 saturated carbocycles. The molecule has 3 N–H and O–H groups in total. The molecule has 0 atom stereocenters. The predicted molar refractivity (Wildman–Crippen MR) is 72.7 cm³/mol. The summed E-state index contributed by atoms with van der Waals surface area (Å²) >= 11 is 1.12. The summed E-state index contributed by atoms with van der Waals surface area (Å²) in [5.74, 6) is 0.232. The van der Waals surface area contributed by atoms with Crippen LogP contribution in [0.15, 0.2) is 33.9 Å². The van der Waals surface area contributed by atoms with Crippen molar-refractivity contribution in [3.63, 3.8) is 0 Å². The molecule has 0 fully saturated rings. The van der Waals surface area contributed by atoms with Gasteiger partial charge in [0.25, 0.3) is 5.22 Å². The minimum absolute atomic E-state index is 0.128. The summed E-state index contributed by atoms with van der Waals surface area (Å²) < 4.78 is 5.16. The summed E-state index contributed by atoms with van der Waals surface area (Å²) in [4.78, 5) is 11.7. The third-order valence-electron chi connectivity index (χ3n) is 2.23. The van der Waals surface area contributed by atoms with Gasteiger partial charge in [0.1, 0.15) is 0 Å². The Morgan fingerprint density at radius 2 is 2.35 bits per heavy atom. The van der Waals surface area contributed by atoms with Crippen molar-refractivity contribution in [3.05, 3.63) is 35.7 Å². The van der Waals surface area contributed by atoms with Crippen molar-refractivity contribution in [2.75, 3.05) is 11.1 Å².